The van der Waals surface area contributed by atoms with Crippen molar-refractivity contribution in [2.45, 2.75) is 84.1 Å². The fourth-order valence-electron chi connectivity index (χ4n) is 4.84. The van der Waals surface area contributed by atoms with Gasteiger partial charge in [0.15, 0.2) is 5.96 Å². The van der Waals surface area contributed by atoms with Gasteiger partial charge in [0.25, 0.3) is 0 Å². The Morgan fingerprint density at radius 1 is 1.16 bits per heavy atom. The van der Waals surface area contributed by atoms with Gasteiger partial charge in [0.2, 0.25) is 5.91 Å². The molecule has 6 heteroatoms. The minimum atomic E-state index is 0.181. The number of amides is 1. The van der Waals surface area contributed by atoms with Gasteiger partial charge in [0.05, 0.1) is 6.26 Å². The maximum Gasteiger partial charge on any atom is 0.225 e. The largest absolute Gasteiger partial charge is 0.469 e. The van der Waals surface area contributed by atoms with Crippen LogP contribution in [0, 0.1) is 11.8 Å². The van der Waals surface area contributed by atoms with E-state index >= 15 is 0 Å². The summed E-state index contributed by atoms with van der Waals surface area (Å²) in [7, 11) is 0. The minimum absolute atomic E-state index is 0.181. The van der Waals surface area contributed by atoms with Gasteiger partial charge in [-0.05, 0) is 56.6 Å². The second-order valence-corrected chi connectivity index (χ2v) is 9.21. The van der Waals surface area contributed by atoms with Gasteiger partial charge in [-0.1, -0.05) is 33.1 Å². The first-order chi connectivity index (χ1) is 15.2. The van der Waals surface area contributed by atoms with E-state index in [9.17, 15) is 4.79 Å². The topological polar surface area (TPSA) is 69.9 Å². The first-order valence-corrected chi connectivity index (χ1v) is 12.6. The number of nitrogens with one attached hydrogen (secondary N) is 2. The Labute approximate surface area is 188 Å². The van der Waals surface area contributed by atoms with E-state index in [1.165, 1.54) is 32.1 Å². The van der Waals surface area contributed by atoms with Crippen LogP contribution in [0.15, 0.2) is 27.8 Å². The Balaban J connectivity index is 1.50. The third-order valence-electron chi connectivity index (χ3n) is 6.96. The van der Waals surface area contributed by atoms with Crippen molar-refractivity contribution in [2.75, 3.05) is 26.2 Å². The van der Waals surface area contributed by atoms with Crippen molar-refractivity contribution in [3.05, 3.63) is 24.2 Å². The highest BCUT2D eigenvalue weighted by molar-refractivity contribution is 5.80. The van der Waals surface area contributed by atoms with Gasteiger partial charge < -0.3 is 20.0 Å². The fraction of sp³-hybridized carbons (Fsp3) is 0.760. The zero-order valence-corrected chi connectivity index (χ0v) is 19.6. The number of nitrogens with zero attached hydrogens (tertiary/aromatic N) is 2. The van der Waals surface area contributed by atoms with Crippen molar-refractivity contribution in [3.63, 3.8) is 0 Å². The molecule has 1 saturated heterocycles. The lowest BCUT2D eigenvalue weighted by molar-refractivity contribution is -0.136. The van der Waals surface area contributed by atoms with Gasteiger partial charge in [0, 0.05) is 44.6 Å². The SMILES string of the molecule is CCC(CC)C(=O)N1CCC(NC(=NCC2CCCCC2)NCCc2ccco2)CC1. The molecule has 0 spiro atoms. The third kappa shape index (κ3) is 7.58. The molecule has 2 heterocycles. The van der Waals surface area contributed by atoms with Crippen LogP contribution in [0.25, 0.3) is 0 Å². The maximum atomic E-state index is 12.7. The summed E-state index contributed by atoms with van der Waals surface area (Å²) in [4.78, 5) is 19.7. The van der Waals surface area contributed by atoms with Crippen LogP contribution in [-0.2, 0) is 11.2 Å². The molecule has 174 valence electrons. The van der Waals surface area contributed by atoms with Crippen LogP contribution >= 0.6 is 0 Å². The van der Waals surface area contributed by atoms with E-state index in [0.717, 1.165) is 75.9 Å². The molecule has 0 unspecified atom stereocenters. The van der Waals surface area contributed by atoms with Crippen LogP contribution in [0.4, 0.5) is 0 Å². The highest BCUT2D eigenvalue weighted by Crippen LogP contribution is 2.23. The highest BCUT2D eigenvalue weighted by atomic mass is 16.3. The summed E-state index contributed by atoms with van der Waals surface area (Å²) in [5.41, 5.74) is 0. The molecule has 6 nitrogen and oxygen atoms in total. The summed E-state index contributed by atoms with van der Waals surface area (Å²) in [6, 6.07) is 4.31. The first kappa shape index (κ1) is 23.7. The Morgan fingerprint density at radius 2 is 1.90 bits per heavy atom. The van der Waals surface area contributed by atoms with Crippen LogP contribution in [-0.4, -0.2) is 49.0 Å². The number of guanidine groups is 1. The van der Waals surface area contributed by atoms with Gasteiger partial charge in [0.1, 0.15) is 5.76 Å². The summed E-state index contributed by atoms with van der Waals surface area (Å²) in [6.07, 6.45) is 13.1. The number of carbonyl (C=O) groups excluding carboxylic acids is 1. The van der Waals surface area contributed by atoms with Crippen LogP contribution < -0.4 is 10.6 Å². The molecule has 0 radical (unpaired) electrons. The number of likely N-dealkylation sites (tertiary alicyclic amines) is 1. The predicted octanol–water partition coefficient (Wildman–Crippen LogP) is 4.36. The number of carbonyl (C=O) groups is 1. The van der Waals surface area contributed by atoms with Crippen molar-refractivity contribution >= 4 is 11.9 Å². The molecular formula is C25H42N4O2. The number of furan rings is 1. The second kappa shape index (κ2) is 12.8. The standard InChI is InChI=1S/C25H42N4O2/c1-3-21(4-2)24(30)29-16-13-22(14-17-29)28-25(26-15-12-23-11-8-18-31-23)27-19-20-9-6-5-7-10-20/h8,11,18,20-22H,3-7,9-10,12-17,19H2,1-2H3,(H2,26,27,28). The van der Waals surface area contributed by atoms with Crippen molar-refractivity contribution < 1.29 is 9.21 Å². The predicted molar refractivity (Wildman–Crippen MR) is 126 cm³/mol. The van der Waals surface area contributed by atoms with Gasteiger partial charge in [-0.2, -0.15) is 0 Å². The van der Waals surface area contributed by atoms with Gasteiger partial charge in [-0.25, -0.2) is 0 Å². The number of hydrogen-bond acceptors (Lipinski definition) is 3. The van der Waals surface area contributed by atoms with E-state index in [1.807, 2.05) is 12.1 Å². The monoisotopic (exact) mass is 430 g/mol. The van der Waals surface area contributed by atoms with Crippen LogP contribution in [0.1, 0.15) is 77.4 Å². The molecule has 0 aromatic carbocycles. The van der Waals surface area contributed by atoms with Crippen molar-refractivity contribution in [1.82, 2.24) is 15.5 Å². The maximum absolute atomic E-state index is 12.7. The molecular weight excluding hydrogens is 388 g/mol. The molecule has 1 aliphatic heterocycles. The number of rotatable bonds is 9. The lowest BCUT2D eigenvalue weighted by Crippen LogP contribution is -2.51. The van der Waals surface area contributed by atoms with Crippen molar-refractivity contribution in [1.29, 1.82) is 0 Å². The molecule has 1 aromatic heterocycles. The van der Waals surface area contributed by atoms with Crippen LogP contribution in [0.3, 0.4) is 0 Å². The fourth-order valence-corrected chi connectivity index (χ4v) is 4.84. The molecule has 2 fully saturated rings. The van der Waals surface area contributed by atoms with E-state index in [-0.39, 0.29) is 5.92 Å². The molecule has 2 aliphatic rings. The van der Waals surface area contributed by atoms with Gasteiger partial charge in [-0.15, -0.1) is 0 Å². The smallest absolute Gasteiger partial charge is 0.225 e. The highest BCUT2D eigenvalue weighted by Gasteiger charge is 2.27. The Kier molecular flexibility index (Phi) is 9.76. The van der Waals surface area contributed by atoms with E-state index in [0.29, 0.717) is 11.9 Å². The lowest BCUT2D eigenvalue weighted by Gasteiger charge is -2.35. The van der Waals surface area contributed by atoms with Crippen LogP contribution in [0.5, 0.6) is 0 Å². The quantitative estimate of drug-likeness (QED) is 0.451. The molecule has 1 aromatic rings. The number of aliphatic imine (C=N–C) groups is 1. The zero-order chi connectivity index (χ0) is 21.9. The summed E-state index contributed by atoms with van der Waals surface area (Å²) in [5, 5.41) is 7.18. The molecule has 31 heavy (non-hydrogen) atoms. The average Bonchev–Trinajstić information content (AvgIpc) is 3.33. The molecule has 3 rings (SSSR count). The molecule has 0 bridgehead atoms. The number of piperidine rings is 1. The summed E-state index contributed by atoms with van der Waals surface area (Å²) < 4.78 is 5.45. The first-order valence-electron chi connectivity index (χ1n) is 12.6. The number of hydrogen-bond donors (Lipinski definition) is 2. The molecule has 2 N–H and O–H groups in total. The summed E-state index contributed by atoms with van der Waals surface area (Å²) in [6.45, 7) is 7.62. The normalized spacial score (nSPS) is 19.1. The molecule has 1 amide bonds. The van der Waals surface area contributed by atoms with E-state index in [2.05, 4.69) is 29.4 Å². The van der Waals surface area contributed by atoms with Crippen molar-refractivity contribution in [2.24, 2.45) is 16.8 Å². The average molecular weight is 431 g/mol. The Bertz CT molecular complexity index is 655. The van der Waals surface area contributed by atoms with Gasteiger partial charge >= 0.3 is 0 Å². The zero-order valence-electron chi connectivity index (χ0n) is 19.6. The summed E-state index contributed by atoms with van der Waals surface area (Å²) >= 11 is 0. The summed E-state index contributed by atoms with van der Waals surface area (Å²) in [5.74, 6) is 3.15. The van der Waals surface area contributed by atoms with Crippen molar-refractivity contribution in [3.8, 4) is 0 Å². The Morgan fingerprint density at radius 3 is 2.55 bits per heavy atom. The van der Waals surface area contributed by atoms with E-state index < -0.39 is 0 Å². The van der Waals surface area contributed by atoms with E-state index in [4.69, 9.17) is 9.41 Å². The minimum Gasteiger partial charge on any atom is -0.469 e. The van der Waals surface area contributed by atoms with E-state index in [1.54, 1.807) is 6.26 Å². The molecule has 0 atom stereocenters. The molecule has 1 aliphatic carbocycles. The molecule has 1 saturated carbocycles. The van der Waals surface area contributed by atoms with Crippen LogP contribution in [0.2, 0.25) is 0 Å². The lowest BCUT2D eigenvalue weighted by atomic mass is 9.89. The third-order valence-corrected chi connectivity index (χ3v) is 6.96. The van der Waals surface area contributed by atoms with Gasteiger partial charge in [-0.3, -0.25) is 9.79 Å². The Hall–Kier alpha value is -1.98. The second-order valence-electron chi connectivity index (χ2n) is 9.21.